The Hall–Kier alpha value is -1.34. The third-order valence-electron chi connectivity index (χ3n) is 2.27. The van der Waals surface area contributed by atoms with E-state index in [-0.39, 0.29) is 10.7 Å². The summed E-state index contributed by atoms with van der Waals surface area (Å²) in [5.74, 6) is 0.328. The summed E-state index contributed by atoms with van der Waals surface area (Å²) in [6, 6.07) is 1.31. The van der Waals surface area contributed by atoms with Crippen molar-refractivity contribution in [2.45, 2.75) is 0 Å². The Morgan fingerprint density at radius 2 is 2.33 bits per heavy atom. The molecule has 0 aromatic carbocycles. The lowest BCUT2D eigenvalue weighted by atomic mass is 10.2. The molecule has 0 radical (unpaired) electrons. The molecule has 98 valence electrons. The van der Waals surface area contributed by atoms with E-state index in [1.807, 2.05) is 6.26 Å². The minimum Gasteiger partial charge on any atom is -0.341 e. The Kier molecular flexibility index (Phi) is 5.36. The average Bonchev–Trinajstić information content (AvgIpc) is 2.34. The summed E-state index contributed by atoms with van der Waals surface area (Å²) < 4.78 is 0. The second-order valence-corrected chi connectivity index (χ2v) is 4.82. The van der Waals surface area contributed by atoms with Crippen molar-refractivity contribution in [2.24, 2.45) is 0 Å². The maximum absolute atomic E-state index is 12.1. The summed E-state index contributed by atoms with van der Waals surface area (Å²) in [4.78, 5) is 27.3. The molecule has 0 saturated carbocycles. The van der Waals surface area contributed by atoms with Crippen LogP contribution in [-0.4, -0.2) is 46.3 Å². The molecule has 0 bridgehead atoms. The van der Waals surface area contributed by atoms with Crippen molar-refractivity contribution in [3.8, 4) is 0 Å². The molecular weight excluding hydrogens is 278 g/mol. The van der Waals surface area contributed by atoms with E-state index in [4.69, 9.17) is 11.6 Å². The molecule has 0 aliphatic carbocycles. The van der Waals surface area contributed by atoms with E-state index in [2.05, 4.69) is 4.98 Å². The van der Waals surface area contributed by atoms with E-state index in [0.717, 1.165) is 5.75 Å². The van der Waals surface area contributed by atoms with E-state index in [0.29, 0.717) is 6.54 Å². The number of halogens is 1. The lowest BCUT2D eigenvalue weighted by molar-refractivity contribution is -0.385. The van der Waals surface area contributed by atoms with Gasteiger partial charge in [0.05, 0.1) is 4.92 Å². The Labute approximate surface area is 113 Å². The Balaban J connectivity index is 3.05. The lowest BCUT2D eigenvalue weighted by Crippen LogP contribution is -2.29. The number of thioether (sulfide) groups is 1. The van der Waals surface area contributed by atoms with Gasteiger partial charge in [-0.15, -0.1) is 0 Å². The van der Waals surface area contributed by atoms with Gasteiger partial charge in [-0.1, -0.05) is 11.6 Å². The first-order valence-electron chi connectivity index (χ1n) is 5.02. The van der Waals surface area contributed by atoms with Gasteiger partial charge in [-0.2, -0.15) is 11.8 Å². The van der Waals surface area contributed by atoms with Gasteiger partial charge in [-0.25, -0.2) is 4.98 Å². The van der Waals surface area contributed by atoms with Gasteiger partial charge in [-0.05, 0) is 12.3 Å². The number of nitro groups is 1. The second kappa shape index (κ2) is 6.55. The molecule has 0 aliphatic rings. The van der Waals surface area contributed by atoms with Gasteiger partial charge in [0.15, 0.2) is 0 Å². The highest BCUT2D eigenvalue weighted by atomic mass is 35.5. The number of rotatable bonds is 5. The number of aromatic nitrogens is 1. The van der Waals surface area contributed by atoms with E-state index in [1.165, 1.54) is 17.2 Å². The first kappa shape index (κ1) is 14.7. The normalized spacial score (nSPS) is 10.2. The van der Waals surface area contributed by atoms with Gasteiger partial charge in [0.2, 0.25) is 5.15 Å². The highest BCUT2D eigenvalue weighted by Crippen LogP contribution is 2.26. The van der Waals surface area contributed by atoms with E-state index in [9.17, 15) is 14.9 Å². The van der Waals surface area contributed by atoms with Crippen LogP contribution in [0.2, 0.25) is 5.15 Å². The van der Waals surface area contributed by atoms with Crippen LogP contribution in [0.25, 0.3) is 0 Å². The highest BCUT2D eigenvalue weighted by molar-refractivity contribution is 7.98. The molecule has 0 saturated heterocycles. The van der Waals surface area contributed by atoms with Crippen LogP contribution in [0.5, 0.6) is 0 Å². The zero-order valence-electron chi connectivity index (χ0n) is 9.92. The number of amides is 1. The Morgan fingerprint density at radius 1 is 1.67 bits per heavy atom. The molecule has 0 aliphatic heterocycles. The van der Waals surface area contributed by atoms with Crippen molar-refractivity contribution in [2.75, 3.05) is 25.6 Å². The third-order valence-corrected chi connectivity index (χ3v) is 3.14. The van der Waals surface area contributed by atoms with E-state index < -0.39 is 16.5 Å². The summed E-state index contributed by atoms with van der Waals surface area (Å²) in [5.41, 5.74) is -0.483. The molecule has 6 nitrogen and oxygen atoms in total. The SMILES string of the molecule is CSCCN(C)C(=O)c1ccnc(Cl)c1[N+](=O)[O-]. The Bertz CT molecular complexity index is 470. The van der Waals surface area contributed by atoms with Crippen LogP contribution in [0.15, 0.2) is 12.3 Å². The molecule has 1 heterocycles. The predicted molar refractivity (Wildman–Crippen MR) is 71.2 cm³/mol. The molecule has 1 aromatic rings. The van der Waals surface area contributed by atoms with Gasteiger partial charge in [0.1, 0.15) is 5.56 Å². The first-order chi connectivity index (χ1) is 8.49. The van der Waals surface area contributed by atoms with Crippen molar-refractivity contribution in [3.05, 3.63) is 33.1 Å². The maximum Gasteiger partial charge on any atom is 0.319 e. The first-order valence-corrected chi connectivity index (χ1v) is 6.79. The highest BCUT2D eigenvalue weighted by Gasteiger charge is 2.26. The van der Waals surface area contributed by atoms with Crippen molar-refractivity contribution >= 4 is 35.0 Å². The van der Waals surface area contributed by atoms with Gasteiger partial charge >= 0.3 is 5.69 Å². The minimum atomic E-state index is -0.690. The number of pyridine rings is 1. The fraction of sp³-hybridized carbons (Fsp3) is 0.400. The summed E-state index contributed by atoms with van der Waals surface area (Å²) >= 11 is 7.24. The van der Waals surface area contributed by atoms with Crippen LogP contribution in [0.3, 0.4) is 0 Å². The fourth-order valence-electron chi connectivity index (χ4n) is 1.31. The van der Waals surface area contributed by atoms with E-state index >= 15 is 0 Å². The van der Waals surface area contributed by atoms with Gasteiger partial charge in [0.25, 0.3) is 5.91 Å². The largest absolute Gasteiger partial charge is 0.341 e. The van der Waals surface area contributed by atoms with Crippen LogP contribution < -0.4 is 0 Å². The van der Waals surface area contributed by atoms with E-state index in [1.54, 1.807) is 18.8 Å². The topological polar surface area (TPSA) is 76.3 Å². The number of hydrogen-bond donors (Lipinski definition) is 0. The number of carbonyl (C=O) groups is 1. The van der Waals surface area contributed by atoms with Crippen LogP contribution >= 0.6 is 23.4 Å². The molecule has 1 aromatic heterocycles. The van der Waals surface area contributed by atoms with Crippen molar-refractivity contribution in [1.82, 2.24) is 9.88 Å². The summed E-state index contributed by atoms with van der Waals surface area (Å²) in [7, 11) is 1.59. The fourth-order valence-corrected chi connectivity index (χ4v) is 1.99. The smallest absolute Gasteiger partial charge is 0.319 e. The van der Waals surface area contributed by atoms with Crippen molar-refractivity contribution < 1.29 is 9.72 Å². The van der Waals surface area contributed by atoms with Gasteiger partial charge < -0.3 is 4.90 Å². The van der Waals surface area contributed by atoms with Crippen LogP contribution in [0.4, 0.5) is 5.69 Å². The molecule has 0 N–H and O–H groups in total. The minimum absolute atomic E-state index is 0.0383. The van der Waals surface area contributed by atoms with Gasteiger partial charge in [0, 0.05) is 25.5 Å². The number of nitrogens with zero attached hydrogens (tertiary/aromatic N) is 3. The number of carbonyl (C=O) groups excluding carboxylic acids is 1. The zero-order valence-corrected chi connectivity index (χ0v) is 11.5. The molecule has 1 amide bonds. The summed E-state index contributed by atoms with van der Waals surface area (Å²) in [6.07, 6.45) is 3.20. The molecule has 0 unspecified atom stereocenters. The molecule has 18 heavy (non-hydrogen) atoms. The summed E-state index contributed by atoms with van der Waals surface area (Å²) in [5, 5.41) is 10.6. The number of hydrogen-bond acceptors (Lipinski definition) is 5. The summed E-state index contributed by atoms with van der Waals surface area (Å²) in [6.45, 7) is 0.511. The predicted octanol–water partition coefficient (Wildman–Crippen LogP) is 2.08. The lowest BCUT2D eigenvalue weighted by Gasteiger charge is -2.16. The molecule has 0 fully saturated rings. The van der Waals surface area contributed by atoms with Crippen LogP contribution in [0, 0.1) is 10.1 Å². The molecule has 0 atom stereocenters. The average molecular weight is 290 g/mol. The zero-order chi connectivity index (χ0) is 13.7. The molecule has 0 spiro atoms. The molecule has 1 rings (SSSR count). The molecular formula is C10H12ClN3O3S. The third kappa shape index (κ3) is 3.33. The van der Waals surface area contributed by atoms with Gasteiger partial charge in [-0.3, -0.25) is 14.9 Å². The second-order valence-electron chi connectivity index (χ2n) is 3.47. The quantitative estimate of drug-likeness (QED) is 0.471. The molecule has 8 heteroatoms. The van der Waals surface area contributed by atoms with Crippen molar-refractivity contribution in [3.63, 3.8) is 0 Å². The van der Waals surface area contributed by atoms with Crippen LogP contribution in [0.1, 0.15) is 10.4 Å². The standard InChI is InChI=1S/C10H12ClN3O3S/c1-13(5-6-18-2)10(15)7-3-4-12-9(11)8(7)14(16)17/h3-4H,5-6H2,1-2H3. The Morgan fingerprint density at radius 3 is 2.89 bits per heavy atom. The van der Waals surface area contributed by atoms with Crippen molar-refractivity contribution in [1.29, 1.82) is 0 Å². The maximum atomic E-state index is 12.1. The van der Waals surface area contributed by atoms with Crippen LogP contribution in [-0.2, 0) is 0 Å². The monoisotopic (exact) mass is 289 g/mol.